The van der Waals surface area contributed by atoms with Crippen LogP contribution in [-0.2, 0) is 0 Å². The van der Waals surface area contributed by atoms with Gasteiger partial charge in [-0.25, -0.2) is 9.78 Å². The number of aromatic nitrogens is 1. The van der Waals surface area contributed by atoms with E-state index in [0.717, 1.165) is 19.3 Å². The summed E-state index contributed by atoms with van der Waals surface area (Å²) in [6, 6.07) is 3.07. The van der Waals surface area contributed by atoms with Gasteiger partial charge in [0.2, 0.25) is 5.88 Å². The fourth-order valence-electron chi connectivity index (χ4n) is 1.12. The summed E-state index contributed by atoms with van der Waals surface area (Å²) >= 11 is 0. The topological polar surface area (TPSA) is 59.4 Å². The quantitative estimate of drug-likeness (QED) is 0.730. The lowest BCUT2D eigenvalue weighted by atomic mass is 10.3. The second kappa shape index (κ2) is 6.01. The van der Waals surface area contributed by atoms with Crippen LogP contribution < -0.4 is 4.74 Å². The van der Waals surface area contributed by atoms with E-state index in [9.17, 15) is 4.79 Å². The third-order valence-electron chi connectivity index (χ3n) is 1.98. The number of rotatable bonds is 6. The fourth-order valence-corrected chi connectivity index (χ4v) is 1.12. The van der Waals surface area contributed by atoms with Crippen LogP contribution in [0.4, 0.5) is 0 Å². The highest BCUT2D eigenvalue weighted by Crippen LogP contribution is 2.08. The van der Waals surface area contributed by atoms with Crippen LogP contribution in [0, 0.1) is 0 Å². The van der Waals surface area contributed by atoms with Crippen LogP contribution in [0.2, 0.25) is 0 Å². The normalized spacial score (nSPS) is 9.93. The average Bonchev–Trinajstić information content (AvgIpc) is 2.25. The Balaban J connectivity index is 2.39. The van der Waals surface area contributed by atoms with Gasteiger partial charge in [-0.1, -0.05) is 19.8 Å². The molecule has 0 unspecified atom stereocenters. The van der Waals surface area contributed by atoms with Gasteiger partial charge >= 0.3 is 5.97 Å². The number of carboxylic acids is 1. The number of carbonyl (C=O) groups is 1. The van der Waals surface area contributed by atoms with Crippen molar-refractivity contribution >= 4 is 5.97 Å². The van der Waals surface area contributed by atoms with Crippen molar-refractivity contribution in [3.8, 4) is 5.88 Å². The number of hydrogen-bond donors (Lipinski definition) is 1. The lowest BCUT2D eigenvalue weighted by molar-refractivity contribution is 0.0696. The first-order valence-corrected chi connectivity index (χ1v) is 5.06. The van der Waals surface area contributed by atoms with Crippen molar-refractivity contribution in [2.75, 3.05) is 6.61 Å². The zero-order valence-corrected chi connectivity index (χ0v) is 8.77. The standard InChI is InChI=1S/C11H15NO3/c1-2-3-4-7-15-10-6-5-9(8-12-10)11(13)14/h5-6,8H,2-4,7H2,1H3,(H,13,14). The Morgan fingerprint density at radius 1 is 1.47 bits per heavy atom. The minimum atomic E-state index is -0.972. The van der Waals surface area contributed by atoms with Crippen molar-refractivity contribution < 1.29 is 14.6 Å². The fraction of sp³-hybridized carbons (Fsp3) is 0.455. The first-order chi connectivity index (χ1) is 7.24. The van der Waals surface area contributed by atoms with Gasteiger partial charge in [-0.3, -0.25) is 0 Å². The second-order valence-electron chi connectivity index (χ2n) is 3.25. The van der Waals surface area contributed by atoms with Gasteiger partial charge in [0, 0.05) is 12.3 Å². The Hall–Kier alpha value is -1.58. The van der Waals surface area contributed by atoms with Crippen molar-refractivity contribution in [3.63, 3.8) is 0 Å². The summed E-state index contributed by atoms with van der Waals surface area (Å²) in [5.74, 6) is -0.490. The third kappa shape index (κ3) is 3.97. The molecule has 0 bridgehead atoms. The molecule has 0 aliphatic carbocycles. The van der Waals surface area contributed by atoms with E-state index in [1.165, 1.54) is 12.3 Å². The molecule has 0 aliphatic rings. The van der Waals surface area contributed by atoms with Gasteiger partial charge in [0.1, 0.15) is 0 Å². The smallest absolute Gasteiger partial charge is 0.337 e. The summed E-state index contributed by atoms with van der Waals surface area (Å²) in [6.45, 7) is 2.76. The van der Waals surface area contributed by atoms with Crippen LogP contribution in [-0.4, -0.2) is 22.7 Å². The monoisotopic (exact) mass is 209 g/mol. The first kappa shape index (κ1) is 11.5. The molecule has 15 heavy (non-hydrogen) atoms. The van der Waals surface area contributed by atoms with Gasteiger partial charge in [-0.05, 0) is 12.5 Å². The molecule has 1 rings (SSSR count). The molecule has 0 amide bonds. The van der Waals surface area contributed by atoms with Gasteiger partial charge in [-0.15, -0.1) is 0 Å². The van der Waals surface area contributed by atoms with Crippen LogP contribution in [0.3, 0.4) is 0 Å². The maximum Gasteiger partial charge on any atom is 0.337 e. The molecule has 82 valence electrons. The molecule has 4 nitrogen and oxygen atoms in total. The largest absolute Gasteiger partial charge is 0.478 e. The lowest BCUT2D eigenvalue weighted by Crippen LogP contribution is -2.01. The molecular formula is C11H15NO3. The minimum Gasteiger partial charge on any atom is -0.478 e. The zero-order valence-electron chi connectivity index (χ0n) is 8.77. The first-order valence-electron chi connectivity index (χ1n) is 5.06. The Bertz CT molecular complexity index is 308. The summed E-state index contributed by atoms with van der Waals surface area (Å²) in [7, 11) is 0. The van der Waals surface area contributed by atoms with Crippen LogP contribution in [0.15, 0.2) is 18.3 Å². The summed E-state index contributed by atoms with van der Waals surface area (Å²) in [4.78, 5) is 14.4. The SMILES string of the molecule is CCCCCOc1ccc(C(=O)O)cn1. The van der Waals surface area contributed by atoms with Gasteiger partial charge < -0.3 is 9.84 Å². The molecule has 0 spiro atoms. The van der Waals surface area contributed by atoms with Gasteiger partial charge in [0.05, 0.1) is 12.2 Å². The number of nitrogens with zero attached hydrogens (tertiary/aromatic N) is 1. The van der Waals surface area contributed by atoms with E-state index >= 15 is 0 Å². The third-order valence-corrected chi connectivity index (χ3v) is 1.98. The van der Waals surface area contributed by atoms with Crippen LogP contribution in [0.1, 0.15) is 36.5 Å². The van der Waals surface area contributed by atoms with Gasteiger partial charge in [-0.2, -0.15) is 0 Å². The van der Waals surface area contributed by atoms with E-state index in [1.54, 1.807) is 6.07 Å². The molecule has 0 radical (unpaired) electrons. The van der Waals surface area contributed by atoms with E-state index in [4.69, 9.17) is 9.84 Å². The summed E-state index contributed by atoms with van der Waals surface area (Å²) in [5, 5.41) is 8.64. The highest BCUT2D eigenvalue weighted by atomic mass is 16.5. The number of unbranched alkanes of at least 4 members (excludes halogenated alkanes) is 2. The maximum atomic E-state index is 10.5. The van der Waals surface area contributed by atoms with E-state index in [1.807, 2.05) is 0 Å². The van der Waals surface area contributed by atoms with Crippen LogP contribution in [0.25, 0.3) is 0 Å². The summed E-state index contributed by atoms with van der Waals surface area (Å²) in [6.07, 6.45) is 4.58. The minimum absolute atomic E-state index is 0.177. The van der Waals surface area contributed by atoms with Crippen molar-refractivity contribution in [1.29, 1.82) is 0 Å². The number of ether oxygens (including phenoxy) is 1. The number of aromatic carboxylic acids is 1. The second-order valence-corrected chi connectivity index (χ2v) is 3.25. The van der Waals surface area contributed by atoms with E-state index in [-0.39, 0.29) is 5.56 Å². The summed E-state index contributed by atoms with van der Waals surface area (Å²) < 4.78 is 5.34. The van der Waals surface area contributed by atoms with Crippen LogP contribution >= 0.6 is 0 Å². The zero-order chi connectivity index (χ0) is 11.1. The maximum absolute atomic E-state index is 10.5. The molecule has 0 fully saturated rings. The van der Waals surface area contributed by atoms with E-state index in [2.05, 4.69) is 11.9 Å². The van der Waals surface area contributed by atoms with Crippen molar-refractivity contribution in [2.24, 2.45) is 0 Å². The van der Waals surface area contributed by atoms with Crippen molar-refractivity contribution in [3.05, 3.63) is 23.9 Å². The van der Waals surface area contributed by atoms with Gasteiger partial charge in [0.25, 0.3) is 0 Å². The number of carboxylic acid groups (broad SMARTS) is 1. The average molecular weight is 209 g/mol. The van der Waals surface area contributed by atoms with Crippen LogP contribution in [0.5, 0.6) is 5.88 Å². The number of hydrogen-bond acceptors (Lipinski definition) is 3. The Kier molecular flexibility index (Phi) is 4.60. The predicted octanol–water partition coefficient (Wildman–Crippen LogP) is 2.35. The molecule has 4 heteroatoms. The molecule has 1 N–H and O–H groups in total. The molecular weight excluding hydrogens is 194 g/mol. The summed E-state index contributed by atoms with van der Waals surface area (Å²) in [5.41, 5.74) is 0.177. The van der Waals surface area contributed by atoms with Crippen molar-refractivity contribution in [1.82, 2.24) is 4.98 Å². The molecule has 0 saturated heterocycles. The highest BCUT2D eigenvalue weighted by Gasteiger charge is 2.02. The molecule has 0 aliphatic heterocycles. The predicted molar refractivity (Wildman–Crippen MR) is 56.2 cm³/mol. The Morgan fingerprint density at radius 3 is 2.80 bits per heavy atom. The van der Waals surface area contributed by atoms with Crippen molar-refractivity contribution in [2.45, 2.75) is 26.2 Å². The van der Waals surface area contributed by atoms with E-state index in [0.29, 0.717) is 12.5 Å². The van der Waals surface area contributed by atoms with E-state index < -0.39 is 5.97 Å². The molecule has 0 aromatic carbocycles. The molecule has 1 heterocycles. The number of pyridine rings is 1. The Labute approximate surface area is 88.9 Å². The highest BCUT2D eigenvalue weighted by molar-refractivity contribution is 5.87. The lowest BCUT2D eigenvalue weighted by Gasteiger charge is -2.04. The van der Waals surface area contributed by atoms with Gasteiger partial charge in [0.15, 0.2) is 0 Å². The molecule has 0 atom stereocenters. The molecule has 0 saturated carbocycles. The molecule has 1 aromatic rings. The Morgan fingerprint density at radius 2 is 2.27 bits per heavy atom. The molecule has 1 aromatic heterocycles.